The third-order valence-electron chi connectivity index (χ3n) is 3.02. The lowest BCUT2D eigenvalue weighted by atomic mass is 10.1. The van der Waals surface area contributed by atoms with Crippen LogP contribution in [0.25, 0.3) is 0 Å². The maximum absolute atomic E-state index is 11.8. The van der Waals surface area contributed by atoms with Crippen molar-refractivity contribution >= 4 is 11.9 Å². The summed E-state index contributed by atoms with van der Waals surface area (Å²) in [6.45, 7) is 2.75. The van der Waals surface area contributed by atoms with Crippen LogP contribution < -0.4 is 5.32 Å². The molecule has 1 aliphatic rings. The van der Waals surface area contributed by atoms with E-state index >= 15 is 0 Å². The number of hydrogen-bond acceptors (Lipinski definition) is 3. The minimum Gasteiger partial charge on any atom is -0.477 e. The molecule has 0 aromatic carbocycles. The Morgan fingerprint density at radius 3 is 2.82 bits per heavy atom. The number of rotatable bonds is 4. The molecule has 17 heavy (non-hydrogen) atoms. The monoisotopic (exact) mass is 234 g/mol. The van der Waals surface area contributed by atoms with Gasteiger partial charge in [-0.25, -0.2) is 9.78 Å². The Kier molecular flexibility index (Phi) is 2.83. The highest BCUT2D eigenvalue weighted by molar-refractivity contribution is 5.96. The Morgan fingerprint density at radius 2 is 2.24 bits per heavy atom. The first-order valence-electron chi connectivity index (χ1n) is 5.48. The highest BCUT2D eigenvalue weighted by Gasteiger charge is 2.37. The molecule has 0 saturated heterocycles. The van der Waals surface area contributed by atoms with Crippen molar-refractivity contribution in [1.29, 1.82) is 0 Å². The molecule has 1 heterocycles. The van der Waals surface area contributed by atoms with Crippen LogP contribution in [0.2, 0.25) is 0 Å². The van der Waals surface area contributed by atoms with Crippen molar-refractivity contribution in [3.63, 3.8) is 0 Å². The number of amides is 1. The maximum Gasteiger partial charge on any atom is 0.354 e. The van der Waals surface area contributed by atoms with Crippen LogP contribution in [-0.4, -0.2) is 28.5 Å². The van der Waals surface area contributed by atoms with E-state index in [1.807, 2.05) is 0 Å². The largest absolute Gasteiger partial charge is 0.477 e. The Balaban J connectivity index is 2.03. The summed E-state index contributed by atoms with van der Waals surface area (Å²) in [5.41, 5.74) is 0.454. The quantitative estimate of drug-likeness (QED) is 0.823. The van der Waals surface area contributed by atoms with Gasteiger partial charge in [0.15, 0.2) is 0 Å². The van der Waals surface area contributed by atoms with Crippen LogP contribution >= 0.6 is 0 Å². The molecule has 0 unspecified atom stereocenters. The van der Waals surface area contributed by atoms with Gasteiger partial charge in [0.25, 0.3) is 5.91 Å². The molecule has 2 rings (SSSR count). The lowest BCUT2D eigenvalue weighted by Crippen LogP contribution is -2.29. The number of carbonyl (C=O) groups excluding carboxylic acids is 1. The topological polar surface area (TPSA) is 79.3 Å². The standard InChI is InChI=1S/C12H14N2O3/c1-12(3-4-12)7-14-10(15)8-2-5-13-9(6-8)11(16)17/h2,5-6H,3-4,7H2,1H3,(H,14,15)(H,16,17). The Morgan fingerprint density at radius 1 is 1.53 bits per heavy atom. The van der Waals surface area contributed by atoms with E-state index in [-0.39, 0.29) is 17.0 Å². The highest BCUT2D eigenvalue weighted by Crippen LogP contribution is 2.44. The fourth-order valence-electron chi connectivity index (χ4n) is 1.47. The van der Waals surface area contributed by atoms with Crippen LogP contribution in [0.4, 0.5) is 0 Å². The molecule has 1 aliphatic carbocycles. The number of aromatic carboxylic acids is 1. The zero-order chi connectivity index (χ0) is 12.5. The van der Waals surface area contributed by atoms with E-state index in [1.54, 1.807) is 0 Å². The minimum absolute atomic E-state index is 0.115. The molecule has 0 radical (unpaired) electrons. The van der Waals surface area contributed by atoms with Crippen molar-refractivity contribution in [2.75, 3.05) is 6.54 Å². The van der Waals surface area contributed by atoms with E-state index in [9.17, 15) is 9.59 Å². The first-order valence-corrected chi connectivity index (χ1v) is 5.48. The summed E-state index contributed by atoms with van der Waals surface area (Å²) >= 11 is 0. The molecule has 1 saturated carbocycles. The predicted molar refractivity (Wildman–Crippen MR) is 60.9 cm³/mol. The van der Waals surface area contributed by atoms with Crippen LogP contribution in [0, 0.1) is 5.41 Å². The van der Waals surface area contributed by atoms with Crippen molar-refractivity contribution in [2.45, 2.75) is 19.8 Å². The SMILES string of the molecule is CC1(CNC(=O)c2ccnc(C(=O)O)c2)CC1. The maximum atomic E-state index is 11.8. The summed E-state index contributed by atoms with van der Waals surface area (Å²) in [5, 5.41) is 11.6. The molecule has 0 atom stereocenters. The van der Waals surface area contributed by atoms with Crippen molar-refractivity contribution < 1.29 is 14.7 Å². The number of pyridine rings is 1. The number of carboxylic acids is 1. The second kappa shape index (κ2) is 4.16. The van der Waals surface area contributed by atoms with Crippen LogP contribution in [-0.2, 0) is 0 Å². The van der Waals surface area contributed by atoms with Gasteiger partial charge < -0.3 is 10.4 Å². The number of nitrogens with zero attached hydrogens (tertiary/aromatic N) is 1. The number of carbonyl (C=O) groups is 2. The molecule has 0 spiro atoms. The number of hydrogen-bond donors (Lipinski definition) is 2. The fraction of sp³-hybridized carbons (Fsp3) is 0.417. The molecule has 5 nitrogen and oxygen atoms in total. The lowest BCUT2D eigenvalue weighted by Gasteiger charge is -2.10. The van der Waals surface area contributed by atoms with E-state index < -0.39 is 5.97 Å². The minimum atomic E-state index is -1.13. The molecule has 0 aliphatic heterocycles. The zero-order valence-corrected chi connectivity index (χ0v) is 9.56. The first-order chi connectivity index (χ1) is 8.00. The number of aromatic nitrogens is 1. The Labute approximate surface area is 98.9 Å². The van der Waals surface area contributed by atoms with E-state index in [4.69, 9.17) is 5.11 Å². The normalized spacial score (nSPS) is 16.3. The number of carboxylic acid groups (broad SMARTS) is 1. The van der Waals surface area contributed by atoms with Crippen LogP contribution in [0.5, 0.6) is 0 Å². The summed E-state index contributed by atoms with van der Waals surface area (Å²) in [5.74, 6) is -1.38. The molecular formula is C12H14N2O3. The van der Waals surface area contributed by atoms with Crippen LogP contribution in [0.1, 0.15) is 40.6 Å². The van der Waals surface area contributed by atoms with Gasteiger partial charge in [-0.3, -0.25) is 4.79 Å². The third kappa shape index (κ3) is 2.81. The van der Waals surface area contributed by atoms with Crippen molar-refractivity contribution in [2.24, 2.45) is 5.41 Å². The average Bonchev–Trinajstić information content (AvgIpc) is 3.05. The first kappa shape index (κ1) is 11.6. The van der Waals surface area contributed by atoms with Gasteiger partial charge in [0.2, 0.25) is 0 Å². The molecule has 1 aromatic rings. The molecular weight excluding hydrogens is 220 g/mol. The second-order valence-electron chi connectivity index (χ2n) is 4.73. The molecule has 5 heteroatoms. The Hall–Kier alpha value is -1.91. The van der Waals surface area contributed by atoms with E-state index in [0.29, 0.717) is 12.1 Å². The van der Waals surface area contributed by atoms with E-state index in [0.717, 1.165) is 12.8 Å². The van der Waals surface area contributed by atoms with Gasteiger partial charge in [-0.2, -0.15) is 0 Å². The van der Waals surface area contributed by atoms with Gasteiger partial charge in [-0.1, -0.05) is 6.92 Å². The van der Waals surface area contributed by atoms with E-state index in [2.05, 4.69) is 17.2 Å². The van der Waals surface area contributed by atoms with Crippen LogP contribution in [0.15, 0.2) is 18.3 Å². The molecule has 1 amide bonds. The van der Waals surface area contributed by atoms with Gasteiger partial charge in [-0.15, -0.1) is 0 Å². The zero-order valence-electron chi connectivity index (χ0n) is 9.56. The van der Waals surface area contributed by atoms with Crippen LogP contribution in [0.3, 0.4) is 0 Å². The predicted octanol–water partition coefficient (Wildman–Crippen LogP) is 1.31. The van der Waals surface area contributed by atoms with Crippen molar-refractivity contribution in [3.05, 3.63) is 29.6 Å². The third-order valence-corrected chi connectivity index (χ3v) is 3.02. The van der Waals surface area contributed by atoms with Gasteiger partial charge in [0.1, 0.15) is 5.69 Å². The summed E-state index contributed by atoms with van der Waals surface area (Å²) in [7, 11) is 0. The molecule has 2 N–H and O–H groups in total. The summed E-state index contributed by atoms with van der Waals surface area (Å²) in [6.07, 6.45) is 3.59. The molecule has 1 fully saturated rings. The lowest BCUT2D eigenvalue weighted by molar-refractivity contribution is 0.0690. The Bertz CT molecular complexity index is 467. The number of nitrogens with one attached hydrogen (secondary N) is 1. The average molecular weight is 234 g/mol. The summed E-state index contributed by atoms with van der Waals surface area (Å²) < 4.78 is 0. The molecule has 1 aromatic heterocycles. The summed E-state index contributed by atoms with van der Waals surface area (Å²) in [6, 6.07) is 2.80. The van der Waals surface area contributed by atoms with Gasteiger partial charge in [0.05, 0.1) is 0 Å². The molecule has 90 valence electrons. The fourth-order valence-corrected chi connectivity index (χ4v) is 1.47. The van der Waals surface area contributed by atoms with Crippen molar-refractivity contribution in [3.8, 4) is 0 Å². The summed E-state index contributed by atoms with van der Waals surface area (Å²) in [4.78, 5) is 26.1. The van der Waals surface area contributed by atoms with Gasteiger partial charge in [-0.05, 0) is 30.4 Å². The smallest absolute Gasteiger partial charge is 0.354 e. The van der Waals surface area contributed by atoms with Crippen molar-refractivity contribution in [1.82, 2.24) is 10.3 Å². The van der Waals surface area contributed by atoms with E-state index in [1.165, 1.54) is 18.3 Å². The highest BCUT2D eigenvalue weighted by atomic mass is 16.4. The van der Waals surface area contributed by atoms with Gasteiger partial charge in [0, 0.05) is 18.3 Å². The van der Waals surface area contributed by atoms with Gasteiger partial charge >= 0.3 is 5.97 Å². The molecule has 0 bridgehead atoms. The second-order valence-corrected chi connectivity index (χ2v) is 4.73.